The standard InChI is InChI=1S/C11H12N2O/c1-3-8-4-7(2)10(6-12)9(5-8)11(13)14/h4-5H,3H2,1-2H3,(H2,13,14). The van der Waals surface area contributed by atoms with E-state index in [4.69, 9.17) is 11.0 Å². The van der Waals surface area contributed by atoms with Crippen LogP contribution in [0, 0.1) is 18.3 Å². The third-order valence-electron chi connectivity index (χ3n) is 2.18. The molecule has 0 bridgehead atoms. The highest BCUT2D eigenvalue weighted by Crippen LogP contribution is 2.16. The van der Waals surface area contributed by atoms with Crippen LogP contribution in [0.15, 0.2) is 12.1 Å². The molecule has 0 heterocycles. The number of hydrogen-bond donors (Lipinski definition) is 1. The SMILES string of the molecule is CCc1cc(C)c(C#N)c(C(N)=O)c1. The first-order valence-corrected chi connectivity index (χ1v) is 4.43. The predicted molar refractivity (Wildman–Crippen MR) is 53.8 cm³/mol. The number of benzene rings is 1. The number of nitrogens with two attached hydrogens (primary N) is 1. The van der Waals surface area contributed by atoms with Crippen LogP contribution in [0.2, 0.25) is 0 Å². The molecule has 0 atom stereocenters. The number of aryl methyl sites for hydroxylation is 2. The van der Waals surface area contributed by atoms with Gasteiger partial charge in [-0.25, -0.2) is 0 Å². The van der Waals surface area contributed by atoms with Gasteiger partial charge in [-0.15, -0.1) is 0 Å². The number of primary amides is 1. The minimum atomic E-state index is -0.542. The lowest BCUT2D eigenvalue weighted by Crippen LogP contribution is -2.14. The van der Waals surface area contributed by atoms with Crippen molar-refractivity contribution in [2.75, 3.05) is 0 Å². The van der Waals surface area contributed by atoms with Gasteiger partial charge in [0, 0.05) is 0 Å². The van der Waals surface area contributed by atoms with Gasteiger partial charge in [0.15, 0.2) is 0 Å². The van der Waals surface area contributed by atoms with Gasteiger partial charge < -0.3 is 5.73 Å². The molecule has 14 heavy (non-hydrogen) atoms. The molecule has 0 radical (unpaired) electrons. The molecule has 0 spiro atoms. The van der Waals surface area contributed by atoms with E-state index in [2.05, 4.69) is 0 Å². The van der Waals surface area contributed by atoms with Crippen LogP contribution in [0.3, 0.4) is 0 Å². The van der Waals surface area contributed by atoms with Crippen molar-refractivity contribution in [1.29, 1.82) is 5.26 Å². The Kier molecular flexibility index (Phi) is 2.88. The lowest BCUT2D eigenvalue weighted by Gasteiger charge is -2.06. The van der Waals surface area contributed by atoms with Crippen molar-refractivity contribution in [3.05, 3.63) is 34.4 Å². The Morgan fingerprint density at radius 2 is 2.21 bits per heavy atom. The molecule has 0 aliphatic rings. The second-order valence-electron chi connectivity index (χ2n) is 3.16. The largest absolute Gasteiger partial charge is 0.366 e. The molecule has 3 heteroatoms. The smallest absolute Gasteiger partial charge is 0.250 e. The molecule has 0 aliphatic heterocycles. The van der Waals surface area contributed by atoms with Crippen molar-refractivity contribution in [2.24, 2.45) is 5.73 Å². The Morgan fingerprint density at radius 1 is 1.57 bits per heavy atom. The zero-order valence-electron chi connectivity index (χ0n) is 8.29. The van der Waals surface area contributed by atoms with E-state index in [1.807, 2.05) is 26.0 Å². The lowest BCUT2D eigenvalue weighted by molar-refractivity contribution is 0.1000. The number of hydrogen-bond acceptors (Lipinski definition) is 2. The van der Waals surface area contributed by atoms with Crippen molar-refractivity contribution < 1.29 is 4.79 Å². The van der Waals surface area contributed by atoms with E-state index >= 15 is 0 Å². The van der Waals surface area contributed by atoms with Gasteiger partial charge in [-0.2, -0.15) is 5.26 Å². The second-order valence-corrected chi connectivity index (χ2v) is 3.16. The molecule has 1 amide bonds. The summed E-state index contributed by atoms with van der Waals surface area (Å²) >= 11 is 0. The third kappa shape index (κ3) is 1.74. The van der Waals surface area contributed by atoms with Crippen molar-refractivity contribution >= 4 is 5.91 Å². The van der Waals surface area contributed by atoms with Crippen LogP contribution >= 0.6 is 0 Å². The third-order valence-corrected chi connectivity index (χ3v) is 2.18. The monoisotopic (exact) mass is 188 g/mol. The molecule has 1 aromatic rings. The van der Waals surface area contributed by atoms with Crippen LogP contribution in [0.1, 0.15) is 34.0 Å². The summed E-state index contributed by atoms with van der Waals surface area (Å²) in [5.74, 6) is -0.542. The van der Waals surface area contributed by atoms with Crippen molar-refractivity contribution in [1.82, 2.24) is 0 Å². The molecular weight excluding hydrogens is 176 g/mol. The molecule has 3 nitrogen and oxygen atoms in total. The number of nitrogens with zero attached hydrogens (tertiary/aromatic N) is 1. The van der Waals surface area contributed by atoms with Crippen LogP contribution in [-0.4, -0.2) is 5.91 Å². The lowest BCUT2D eigenvalue weighted by atomic mass is 9.98. The highest BCUT2D eigenvalue weighted by molar-refractivity contribution is 5.96. The van der Waals surface area contributed by atoms with E-state index in [-0.39, 0.29) is 0 Å². The summed E-state index contributed by atoms with van der Waals surface area (Å²) in [5, 5.41) is 8.85. The second kappa shape index (κ2) is 3.93. The van der Waals surface area contributed by atoms with Gasteiger partial charge in [-0.3, -0.25) is 4.79 Å². The topological polar surface area (TPSA) is 66.9 Å². The van der Waals surface area contributed by atoms with E-state index in [9.17, 15) is 4.79 Å². The molecule has 1 aromatic carbocycles. The Hall–Kier alpha value is -1.82. The normalized spacial score (nSPS) is 9.50. The molecule has 0 saturated carbocycles. The first kappa shape index (κ1) is 10.3. The maximum absolute atomic E-state index is 11.1. The summed E-state index contributed by atoms with van der Waals surface area (Å²) in [6.45, 7) is 3.80. The van der Waals surface area contributed by atoms with Crippen molar-refractivity contribution in [3.8, 4) is 6.07 Å². The van der Waals surface area contributed by atoms with Gasteiger partial charge in [0.25, 0.3) is 0 Å². The molecule has 72 valence electrons. The average Bonchev–Trinajstić information content (AvgIpc) is 2.16. The Morgan fingerprint density at radius 3 is 2.64 bits per heavy atom. The van der Waals surface area contributed by atoms with E-state index in [0.29, 0.717) is 11.1 Å². The first-order valence-electron chi connectivity index (χ1n) is 4.43. The molecule has 1 rings (SSSR count). The fraction of sp³-hybridized carbons (Fsp3) is 0.273. The maximum atomic E-state index is 11.1. The molecule has 0 fully saturated rings. The van der Waals surface area contributed by atoms with Crippen LogP contribution < -0.4 is 5.73 Å². The Labute approximate surface area is 83.2 Å². The Bertz CT molecular complexity index is 416. The fourth-order valence-corrected chi connectivity index (χ4v) is 1.41. The van der Waals surface area contributed by atoms with Crippen LogP contribution in [-0.2, 0) is 6.42 Å². The highest BCUT2D eigenvalue weighted by Gasteiger charge is 2.11. The van der Waals surface area contributed by atoms with Gasteiger partial charge in [0.05, 0.1) is 11.1 Å². The summed E-state index contributed by atoms with van der Waals surface area (Å²) in [5.41, 5.74) is 7.73. The van der Waals surface area contributed by atoms with Gasteiger partial charge in [0.1, 0.15) is 6.07 Å². The number of carbonyl (C=O) groups excluding carboxylic acids is 1. The van der Waals surface area contributed by atoms with Crippen LogP contribution in [0.5, 0.6) is 0 Å². The van der Waals surface area contributed by atoms with Gasteiger partial charge >= 0.3 is 0 Å². The molecule has 0 aliphatic carbocycles. The number of carbonyl (C=O) groups is 1. The minimum absolute atomic E-state index is 0.323. The summed E-state index contributed by atoms with van der Waals surface area (Å²) in [6, 6.07) is 5.59. The molecule has 0 unspecified atom stereocenters. The van der Waals surface area contributed by atoms with E-state index in [1.165, 1.54) is 0 Å². The molecule has 0 saturated heterocycles. The minimum Gasteiger partial charge on any atom is -0.366 e. The number of nitriles is 1. The fourth-order valence-electron chi connectivity index (χ4n) is 1.41. The summed E-state index contributed by atoms with van der Waals surface area (Å²) < 4.78 is 0. The maximum Gasteiger partial charge on any atom is 0.250 e. The zero-order valence-corrected chi connectivity index (χ0v) is 8.29. The average molecular weight is 188 g/mol. The molecular formula is C11H12N2O. The van der Waals surface area contributed by atoms with Gasteiger partial charge in [-0.05, 0) is 30.5 Å². The van der Waals surface area contributed by atoms with Gasteiger partial charge in [0.2, 0.25) is 5.91 Å². The van der Waals surface area contributed by atoms with Crippen molar-refractivity contribution in [3.63, 3.8) is 0 Å². The molecule has 2 N–H and O–H groups in total. The first-order chi connectivity index (χ1) is 6.60. The van der Waals surface area contributed by atoms with E-state index < -0.39 is 5.91 Å². The van der Waals surface area contributed by atoms with Crippen LogP contribution in [0.25, 0.3) is 0 Å². The summed E-state index contributed by atoms with van der Waals surface area (Å²) in [7, 11) is 0. The quantitative estimate of drug-likeness (QED) is 0.764. The summed E-state index contributed by atoms with van der Waals surface area (Å²) in [4.78, 5) is 11.1. The van der Waals surface area contributed by atoms with E-state index in [1.54, 1.807) is 6.07 Å². The number of amides is 1. The van der Waals surface area contributed by atoms with E-state index in [0.717, 1.165) is 17.5 Å². The summed E-state index contributed by atoms with van der Waals surface area (Å²) in [6.07, 6.45) is 0.826. The zero-order chi connectivity index (χ0) is 10.7. The van der Waals surface area contributed by atoms with Crippen LogP contribution in [0.4, 0.5) is 0 Å². The molecule has 0 aromatic heterocycles. The van der Waals surface area contributed by atoms with Gasteiger partial charge in [-0.1, -0.05) is 13.0 Å². The highest BCUT2D eigenvalue weighted by atomic mass is 16.1. The Balaban J connectivity index is 3.45. The number of rotatable bonds is 2. The predicted octanol–water partition coefficient (Wildman–Crippen LogP) is 1.53. The van der Waals surface area contributed by atoms with Crippen molar-refractivity contribution in [2.45, 2.75) is 20.3 Å².